The summed E-state index contributed by atoms with van der Waals surface area (Å²) in [6.45, 7) is 4.49. The summed E-state index contributed by atoms with van der Waals surface area (Å²) >= 11 is 0. The molecule has 0 heterocycles. The highest BCUT2D eigenvalue weighted by molar-refractivity contribution is 5.68. The number of aryl methyl sites for hydroxylation is 2. The van der Waals surface area contributed by atoms with Gasteiger partial charge in [0.2, 0.25) is 0 Å². The third kappa shape index (κ3) is 2.85. The van der Waals surface area contributed by atoms with Crippen molar-refractivity contribution in [3.05, 3.63) is 58.9 Å². The van der Waals surface area contributed by atoms with Crippen molar-refractivity contribution < 1.29 is 4.39 Å². The van der Waals surface area contributed by atoms with Crippen LogP contribution < -0.4 is 5.73 Å². The van der Waals surface area contributed by atoms with Crippen molar-refractivity contribution in [1.82, 2.24) is 0 Å². The Morgan fingerprint density at radius 1 is 0.947 bits per heavy atom. The van der Waals surface area contributed by atoms with Gasteiger partial charge in [-0.1, -0.05) is 44.2 Å². The topological polar surface area (TPSA) is 26.0 Å². The van der Waals surface area contributed by atoms with Crippen molar-refractivity contribution >= 4 is 0 Å². The fourth-order valence-electron chi connectivity index (χ4n) is 2.30. The molecule has 0 spiro atoms. The van der Waals surface area contributed by atoms with Crippen molar-refractivity contribution in [3.8, 4) is 11.1 Å². The minimum Gasteiger partial charge on any atom is -0.326 e. The van der Waals surface area contributed by atoms with E-state index in [9.17, 15) is 4.39 Å². The van der Waals surface area contributed by atoms with Gasteiger partial charge in [0, 0.05) is 12.1 Å². The Labute approximate surface area is 114 Å². The summed E-state index contributed by atoms with van der Waals surface area (Å²) in [6.07, 6.45) is 1.93. The Bertz CT molecular complexity index is 575. The van der Waals surface area contributed by atoms with Gasteiger partial charge in [0.1, 0.15) is 5.82 Å². The maximum atomic E-state index is 13.9. The van der Waals surface area contributed by atoms with Crippen LogP contribution in [0.2, 0.25) is 0 Å². The van der Waals surface area contributed by atoms with Gasteiger partial charge in [0.05, 0.1) is 0 Å². The first-order valence-electron chi connectivity index (χ1n) is 6.80. The van der Waals surface area contributed by atoms with Crippen LogP contribution in [0.4, 0.5) is 4.39 Å². The molecule has 0 saturated heterocycles. The van der Waals surface area contributed by atoms with Crippen LogP contribution in [0.5, 0.6) is 0 Å². The molecule has 2 N–H and O–H groups in total. The van der Waals surface area contributed by atoms with Crippen molar-refractivity contribution in [2.75, 3.05) is 0 Å². The van der Waals surface area contributed by atoms with E-state index < -0.39 is 0 Å². The molecular formula is C17H20FN. The quantitative estimate of drug-likeness (QED) is 0.877. The monoisotopic (exact) mass is 257 g/mol. The molecule has 2 aromatic rings. The molecule has 0 bridgehead atoms. The van der Waals surface area contributed by atoms with Gasteiger partial charge >= 0.3 is 0 Å². The second kappa shape index (κ2) is 5.98. The fourth-order valence-corrected chi connectivity index (χ4v) is 2.30. The van der Waals surface area contributed by atoms with Crippen LogP contribution in [0.15, 0.2) is 36.4 Å². The number of benzene rings is 2. The molecule has 0 unspecified atom stereocenters. The summed E-state index contributed by atoms with van der Waals surface area (Å²) in [7, 11) is 0. The van der Waals surface area contributed by atoms with Crippen LogP contribution >= 0.6 is 0 Å². The molecule has 1 nitrogen and oxygen atoms in total. The van der Waals surface area contributed by atoms with Crippen molar-refractivity contribution in [2.24, 2.45) is 5.73 Å². The van der Waals surface area contributed by atoms with E-state index >= 15 is 0 Å². The maximum absolute atomic E-state index is 13.9. The molecule has 0 aliphatic carbocycles. The predicted molar refractivity (Wildman–Crippen MR) is 78.5 cm³/mol. The van der Waals surface area contributed by atoms with Gasteiger partial charge in [0.25, 0.3) is 0 Å². The summed E-state index contributed by atoms with van der Waals surface area (Å²) in [4.78, 5) is 0. The summed E-state index contributed by atoms with van der Waals surface area (Å²) in [6, 6.07) is 11.8. The molecule has 0 amide bonds. The highest BCUT2D eigenvalue weighted by Gasteiger charge is 2.08. The third-order valence-corrected chi connectivity index (χ3v) is 3.55. The smallest absolute Gasteiger partial charge is 0.128 e. The molecule has 0 radical (unpaired) electrons. The van der Waals surface area contributed by atoms with Gasteiger partial charge in [-0.15, -0.1) is 0 Å². The number of rotatable bonds is 4. The van der Waals surface area contributed by atoms with Crippen LogP contribution in [0.3, 0.4) is 0 Å². The Morgan fingerprint density at radius 2 is 1.68 bits per heavy atom. The first-order valence-corrected chi connectivity index (χ1v) is 6.80. The molecule has 19 heavy (non-hydrogen) atoms. The maximum Gasteiger partial charge on any atom is 0.128 e. The molecule has 0 aliphatic heterocycles. The van der Waals surface area contributed by atoms with E-state index in [1.165, 1.54) is 11.1 Å². The van der Waals surface area contributed by atoms with Crippen LogP contribution in [0, 0.1) is 5.82 Å². The van der Waals surface area contributed by atoms with E-state index in [-0.39, 0.29) is 12.4 Å². The number of hydrogen-bond acceptors (Lipinski definition) is 1. The summed E-state index contributed by atoms with van der Waals surface area (Å²) < 4.78 is 13.9. The number of nitrogens with two attached hydrogens (primary N) is 1. The van der Waals surface area contributed by atoms with E-state index in [1.54, 1.807) is 12.1 Å². The molecule has 0 saturated carbocycles. The Hall–Kier alpha value is -1.67. The summed E-state index contributed by atoms with van der Waals surface area (Å²) in [5.41, 5.74) is 10.6. The Morgan fingerprint density at radius 3 is 2.26 bits per heavy atom. The van der Waals surface area contributed by atoms with Crippen LogP contribution in [-0.4, -0.2) is 0 Å². The van der Waals surface area contributed by atoms with Gasteiger partial charge in [-0.05, 0) is 41.2 Å². The molecule has 2 heteroatoms. The van der Waals surface area contributed by atoms with Gasteiger partial charge in [-0.2, -0.15) is 0 Å². The first kappa shape index (κ1) is 13.8. The molecule has 0 aromatic heterocycles. The predicted octanol–water partition coefficient (Wildman–Crippen LogP) is 4.08. The lowest BCUT2D eigenvalue weighted by Crippen LogP contribution is -2.00. The van der Waals surface area contributed by atoms with Gasteiger partial charge < -0.3 is 5.73 Å². The number of hydrogen-bond donors (Lipinski definition) is 1. The molecule has 2 aromatic carbocycles. The Balaban J connectivity index is 2.53. The van der Waals surface area contributed by atoms with Gasteiger partial charge in [0.15, 0.2) is 0 Å². The van der Waals surface area contributed by atoms with E-state index in [2.05, 4.69) is 32.0 Å². The SMILES string of the molecule is CCc1ccc(CC)c(-c2ccc(CN)c(F)c2)c1. The Kier molecular flexibility index (Phi) is 4.33. The molecule has 0 atom stereocenters. The second-order valence-electron chi connectivity index (χ2n) is 4.71. The van der Waals surface area contributed by atoms with E-state index in [1.807, 2.05) is 6.07 Å². The largest absolute Gasteiger partial charge is 0.326 e. The highest BCUT2D eigenvalue weighted by atomic mass is 19.1. The van der Waals surface area contributed by atoms with E-state index in [0.29, 0.717) is 5.56 Å². The molecule has 100 valence electrons. The van der Waals surface area contributed by atoms with Crippen LogP contribution in [-0.2, 0) is 19.4 Å². The highest BCUT2D eigenvalue weighted by Crippen LogP contribution is 2.27. The number of halogens is 1. The minimum absolute atomic E-state index is 0.219. The second-order valence-corrected chi connectivity index (χ2v) is 4.71. The van der Waals surface area contributed by atoms with Crippen LogP contribution in [0.1, 0.15) is 30.5 Å². The van der Waals surface area contributed by atoms with E-state index in [4.69, 9.17) is 5.73 Å². The average molecular weight is 257 g/mol. The zero-order chi connectivity index (χ0) is 13.8. The minimum atomic E-state index is -0.219. The zero-order valence-corrected chi connectivity index (χ0v) is 11.5. The van der Waals surface area contributed by atoms with Gasteiger partial charge in [-0.3, -0.25) is 0 Å². The molecule has 2 rings (SSSR count). The van der Waals surface area contributed by atoms with E-state index in [0.717, 1.165) is 24.0 Å². The lowest BCUT2D eigenvalue weighted by molar-refractivity contribution is 0.611. The lowest BCUT2D eigenvalue weighted by Gasteiger charge is -2.11. The van der Waals surface area contributed by atoms with Gasteiger partial charge in [-0.25, -0.2) is 4.39 Å². The lowest BCUT2D eigenvalue weighted by atomic mass is 9.94. The zero-order valence-electron chi connectivity index (χ0n) is 11.5. The normalized spacial score (nSPS) is 10.7. The molecule has 0 aliphatic rings. The standard InChI is InChI=1S/C17H20FN/c1-3-12-5-6-13(4-2)16(9-12)14-7-8-15(11-19)17(18)10-14/h5-10H,3-4,11,19H2,1-2H3. The van der Waals surface area contributed by atoms with Crippen LogP contribution in [0.25, 0.3) is 11.1 Å². The van der Waals surface area contributed by atoms with Crippen molar-refractivity contribution in [3.63, 3.8) is 0 Å². The third-order valence-electron chi connectivity index (χ3n) is 3.55. The summed E-state index contributed by atoms with van der Waals surface area (Å²) in [5.74, 6) is -0.219. The molecule has 0 fully saturated rings. The first-order chi connectivity index (χ1) is 9.19. The average Bonchev–Trinajstić information content (AvgIpc) is 2.46. The molecular weight excluding hydrogens is 237 g/mol. The summed E-state index contributed by atoms with van der Waals surface area (Å²) in [5, 5.41) is 0. The fraction of sp³-hybridized carbons (Fsp3) is 0.294. The van der Waals surface area contributed by atoms with Crippen molar-refractivity contribution in [2.45, 2.75) is 33.2 Å². The van der Waals surface area contributed by atoms with Crippen molar-refractivity contribution in [1.29, 1.82) is 0 Å².